The molecule has 1 saturated heterocycles. The number of cyclic esters (lactones) is 1. The third-order valence-corrected chi connectivity index (χ3v) is 8.10. The van der Waals surface area contributed by atoms with Crippen LogP contribution in [0.15, 0.2) is 48.7 Å². The lowest BCUT2D eigenvalue weighted by atomic mass is 9.93. The van der Waals surface area contributed by atoms with E-state index in [4.69, 9.17) is 21.1 Å². The highest BCUT2D eigenvalue weighted by Gasteiger charge is 2.36. The molecule has 5 rings (SSSR count). The highest BCUT2D eigenvalue weighted by molar-refractivity contribution is 6.30. The average Bonchev–Trinajstić information content (AvgIpc) is 2.97. The molecule has 8 nitrogen and oxygen atoms in total. The molecule has 1 N–H and O–H groups in total. The predicted octanol–water partition coefficient (Wildman–Crippen LogP) is 6.78. The zero-order valence-electron chi connectivity index (χ0n) is 23.2. The van der Waals surface area contributed by atoms with Gasteiger partial charge in [0.15, 0.2) is 5.82 Å². The number of hydrogen-bond donors (Lipinski definition) is 1. The monoisotopic (exact) mass is 597 g/mol. The fourth-order valence-electron chi connectivity index (χ4n) is 5.50. The molecule has 0 aliphatic carbocycles. The Kier molecular flexibility index (Phi) is 8.72. The van der Waals surface area contributed by atoms with E-state index >= 15 is 0 Å². The van der Waals surface area contributed by atoms with Gasteiger partial charge in [-0.05, 0) is 54.3 Å². The van der Waals surface area contributed by atoms with Gasteiger partial charge in [-0.15, -0.1) is 0 Å². The van der Waals surface area contributed by atoms with Crippen molar-refractivity contribution < 1.29 is 32.6 Å². The highest BCUT2D eigenvalue weighted by Crippen LogP contribution is 2.39. The van der Waals surface area contributed by atoms with Crippen LogP contribution in [0.2, 0.25) is 5.02 Å². The van der Waals surface area contributed by atoms with Crippen LogP contribution in [0.1, 0.15) is 61.4 Å². The van der Waals surface area contributed by atoms with Crippen molar-refractivity contribution in [2.45, 2.75) is 51.2 Å². The van der Waals surface area contributed by atoms with Crippen LogP contribution in [0.3, 0.4) is 0 Å². The fourth-order valence-corrected chi connectivity index (χ4v) is 5.66. The van der Waals surface area contributed by atoms with Gasteiger partial charge in [-0.2, -0.15) is 0 Å². The minimum Gasteiger partial charge on any atom is -0.469 e. The van der Waals surface area contributed by atoms with Gasteiger partial charge in [-0.3, -0.25) is 14.6 Å². The summed E-state index contributed by atoms with van der Waals surface area (Å²) in [7, 11) is 1.32. The number of ether oxygens (including phenoxy) is 2. The number of nitrogens with zero attached hydrogens (tertiary/aromatic N) is 2. The number of halogens is 3. The molecule has 3 heterocycles. The molecule has 2 bridgehead atoms. The first-order valence-electron chi connectivity index (χ1n) is 13.7. The topological polar surface area (TPSA) is 97.8 Å². The second-order valence-corrected chi connectivity index (χ2v) is 11.0. The Balaban J connectivity index is 1.48. The molecule has 2 amide bonds. The molecule has 0 radical (unpaired) electrons. The van der Waals surface area contributed by atoms with Crippen molar-refractivity contribution >= 4 is 35.3 Å². The van der Waals surface area contributed by atoms with E-state index in [0.717, 1.165) is 17.7 Å². The quantitative estimate of drug-likeness (QED) is 0.263. The van der Waals surface area contributed by atoms with E-state index in [1.807, 2.05) is 19.1 Å². The largest absolute Gasteiger partial charge is 0.469 e. The molecule has 42 heavy (non-hydrogen) atoms. The van der Waals surface area contributed by atoms with Crippen LogP contribution in [0.25, 0.3) is 11.3 Å². The van der Waals surface area contributed by atoms with Gasteiger partial charge in [-0.1, -0.05) is 37.1 Å². The molecule has 2 aromatic carbocycles. The van der Waals surface area contributed by atoms with Gasteiger partial charge < -0.3 is 19.7 Å². The zero-order chi connectivity index (χ0) is 30.0. The van der Waals surface area contributed by atoms with E-state index in [1.165, 1.54) is 7.11 Å². The zero-order valence-corrected chi connectivity index (χ0v) is 23.9. The summed E-state index contributed by atoms with van der Waals surface area (Å²) in [6, 6.07) is 10.7. The Morgan fingerprint density at radius 2 is 1.95 bits per heavy atom. The summed E-state index contributed by atoms with van der Waals surface area (Å²) in [6.07, 6.45) is 1.75. The number of carbonyl (C=O) groups excluding carboxylic acids is 3. The Hall–Kier alpha value is -4.05. The van der Waals surface area contributed by atoms with Crippen molar-refractivity contribution in [2.75, 3.05) is 19.0 Å². The first kappa shape index (κ1) is 29.4. The number of amides is 2. The number of pyridine rings is 1. The van der Waals surface area contributed by atoms with E-state index in [1.54, 1.807) is 29.3 Å². The molecule has 2 aliphatic heterocycles. The molecular weight excluding hydrogens is 568 g/mol. The molecule has 3 aromatic rings. The maximum absolute atomic E-state index is 14.7. The number of rotatable bonds is 4. The lowest BCUT2D eigenvalue weighted by Crippen LogP contribution is -2.42. The van der Waals surface area contributed by atoms with Crippen molar-refractivity contribution in [3.63, 3.8) is 0 Å². The molecule has 0 unspecified atom stereocenters. The van der Waals surface area contributed by atoms with Gasteiger partial charge in [0.2, 0.25) is 5.91 Å². The molecule has 1 fully saturated rings. The number of nitrogens with one attached hydrogen (secondary N) is 1. The molecule has 1 aromatic heterocycles. The van der Waals surface area contributed by atoms with Crippen molar-refractivity contribution in [1.29, 1.82) is 0 Å². The van der Waals surface area contributed by atoms with Crippen molar-refractivity contribution in [1.82, 2.24) is 9.88 Å². The number of carbonyl (C=O) groups is 3. The first-order chi connectivity index (χ1) is 20.2. The lowest BCUT2D eigenvalue weighted by molar-refractivity contribution is -0.139. The minimum atomic E-state index is -1.11. The number of esters is 1. The first-order valence-corrected chi connectivity index (χ1v) is 14.1. The summed E-state index contributed by atoms with van der Waals surface area (Å²) in [4.78, 5) is 44.4. The van der Waals surface area contributed by atoms with Crippen LogP contribution in [0, 0.1) is 17.6 Å². The summed E-state index contributed by atoms with van der Waals surface area (Å²) in [5, 5.41) is 2.75. The van der Waals surface area contributed by atoms with Gasteiger partial charge >= 0.3 is 12.1 Å². The van der Waals surface area contributed by atoms with Gasteiger partial charge in [0.1, 0.15) is 11.9 Å². The number of aromatic nitrogens is 1. The molecule has 0 spiro atoms. The van der Waals surface area contributed by atoms with Crippen LogP contribution in [-0.2, 0) is 25.5 Å². The summed E-state index contributed by atoms with van der Waals surface area (Å²) >= 11 is 5.86. The van der Waals surface area contributed by atoms with E-state index in [9.17, 15) is 23.2 Å². The Morgan fingerprint density at radius 3 is 2.71 bits per heavy atom. The maximum atomic E-state index is 14.7. The number of anilines is 1. The normalized spacial score (nSPS) is 20.9. The van der Waals surface area contributed by atoms with Crippen molar-refractivity contribution in [2.24, 2.45) is 5.92 Å². The van der Waals surface area contributed by atoms with Crippen molar-refractivity contribution in [3.05, 3.63) is 82.0 Å². The molecular formula is C31H30ClF2N3O5. The Labute approximate surface area is 247 Å². The molecule has 220 valence electrons. The van der Waals surface area contributed by atoms with E-state index < -0.39 is 35.8 Å². The van der Waals surface area contributed by atoms with Gasteiger partial charge in [0.25, 0.3) is 0 Å². The lowest BCUT2D eigenvalue weighted by Gasteiger charge is -2.38. The third-order valence-electron chi connectivity index (χ3n) is 7.81. The number of benzene rings is 2. The van der Waals surface area contributed by atoms with E-state index in [0.29, 0.717) is 41.8 Å². The number of hydrogen-bond acceptors (Lipinski definition) is 6. The van der Waals surface area contributed by atoms with Crippen LogP contribution in [0.4, 0.5) is 19.3 Å². The standard InChI is InChI=1S/C31H30ClF2N3O5/c1-17-4-3-5-25(37-13-11-26(42-31(37)40)28-22(33)9-8-21(32)29(28)34)19-10-12-35-23(16-19)20-7-6-18(15-27(38)41-2)14-24(20)36-30(17)39/h6-10,12,14,16-17,25-26H,3-5,11,13,15H2,1-2H3,(H,36,39)/t17-,25-,26-/m0/s1. The minimum absolute atomic E-state index is 0.0474. The van der Waals surface area contributed by atoms with E-state index in [2.05, 4.69) is 10.3 Å². The summed E-state index contributed by atoms with van der Waals surface area (Å²) < 4.78 is 39.6. The third kappa shape index (κ3) is 6.09. The fraction of sp³-hybridized carbons (Fsp3) is 0.355. The summed E-state index contributed by atoms with van der Waals surface area (Å²) in [5.74, 6) is -2.67. The molecule has 3 atom stereocenters. The Morgan fingerprint density at radius 1 is 1.14 bits per heavy atom. The van der Waals surface area contributed by atoms with Gasteiger partial charge in [0.05, 0.1) is 41.5 Å². The van der Waals surface area contributed by atoms with E-state index in [-0.39, 0.29) is 41.8 Å². The number of methoxy groups -OCH3 is 1. The average molecular weight is 598 g/mol. The van der Waals surface area contributed by atoms with Gasteiger partial charge in [-0.25, -0.2) is 13.6 Å². The smallest absolute Gasteiger partial charge is 0.410 e. The Bertz CT molecular complexity index is 1530. The van der Waals surface area contributed by atoms with Crippen LogP contribution in [-0.4, -0.2) is 41.5 Å². The maximum Gasteiger partial charge on any atom is 0.410 e. The SMILES string of the molecule is COC(=O)Cc1ccc2c(c1)NC(=O)[C@@H](C)CCC[C@H](N1CC[C@@H](c3c(F)ccc(Cl)c3F)OC1=O)c1ccnc-2c1. The predicted molar refractivity (Wildman–Crippen MR) is 152 cm³/mol. The van der Waals surface area contributed by atoms with Crippen molar-refractivity contribution in [3.8, 4) is 11.3 Å². The summed E-state index contributed by atoms with van der Waals surface area (Å²) in [6.45, 7) is 2.03. The highest BCUT2D eigenvalue weighted by atomic mass is 35.5. The second-order valence-electron chi connectivity index (χ2n) is 10.6. The number of fused-ring (bicyclic) bond motifs is 4. The second kappa shape index (κ2) is 12.4. The van der Waals surface area contributed by atoms with Gasteiger partial charge in [0, 0.05) is 30.6 Å². The summed E-state index contributed by atoms with van der Waals surface area (Å²) in [5.41, 5.74) is 2.85. The van der Waals surface area contributed by atoms with Crippen LogP contribution < -0.4 is 5.32 Å². The molecule has 11 heteroatoms. The molecule has 0 saturated carbocycles. The van der Waals surface area contributed by atoms with Crippen LogP contribution in [0.5, 0.6) is 0 Å². The molecule has 2 aliphatic rings. The van der Waals surface area contributed by atoms with Crippen LogP contribution >= 0.6 is 11.6 Å².